The van der Waals surface area contributed by atoms with Gasteiger partial charge >= 0.3 is 5.97 Å². The van der Waals surface area contributed by atoms with Crippen LogP contribution in [-0.4, -0.2) is 85.8 Å². The van der Waals surface area contributed by atoms with Gasteiger partial charge in [0.25, 0.3) is 0 Å². The van der Waals surface area contributed by atoms with Gasteiger partial charge in [-0.2, -0.15) is 0 Å². The molecule has 0 saturated carbocycles. The van der Waals surface area contributed by atoms with Gasteiger partial charge in [-0.25, -0.2) is 0 Å². The number of amides is 1. The Bertz CT molecular complexity index is 331. The van der Waals surface area contributed by atoms with Gasteiger partial charge in [-0.3, -0.25) is 14.5 Å². The van der Waals surface area contributed by atoms with Gasteiger partial charge in [0.1, 0.15) is 0 Å². The van der Waals surface area contributed by atoms with Gasteiger partial charge in [-0.1, -0.05) is 0 Å². The number of hydrogen-bond acceptors (Lipinski definition) is 5. The largest absolute Gasteiger partial charge is 0.481 e. The Morgan fingerprint density at radius 1 is 1.26 bits per heavy atom. The Balaban J connectivity index is 1.85. The molecule has 7 nitrogen and oxygen atoms in total. The van der Waals surface area contributed by atoms with E-state index in [4.69, 9.17) is 9.84 Å². The van der Waals surface area contributed by atoms with Crippen LogP contribution in [0.1, 0.15) is 0 Å². The molecule has 0 unspecified atom stereocenters. The first-order chi connectivity index (χ1) is 9.16. The summed E-state index contributed by atoms with van der Waals surface area (Å²) in [4.78, 5) is 26.9. The normalized spacial score (nSPS) is 25.9. The van der Waals surface area contributed by atoms with Crippen LogP contribution in [0.4, 0.5) is 0 Å². The summed E-state index contributed by atoms with van der Waals surface area (Å²) in [7, 11) is 0. The second-order valence-electron chi connectivity index (χ2n) is 4.97. The SMILES string of the molecule is O=C(O)[C@@H]1CNCCN(CC(=O)N2CCOCC2)C1. The third-order valence-corrected chi connectivity index (χ3v) is 3.55. The molecule has 19 heavy (non-hydrogen) atoms. The third kappa shape index (κ3) is 4.15. The van der Waals surface area contributed by atoms with Crippen LogP contribution in [0.25, 0.3) is 0 Å². The maximum Gasteiger partial charge on any atom is 0.309 e. The maximum atomic E-state index is 12.1. The van der Waals surface area contributed by atoms with E-state index in [9.17, 15) is 9.59 Å². The number of rotatable bonds is 3. The molecule has 0 radical (unpaired) electrons. The highest BCUT2D eigenvalue weighted by Gasteiger charge is 2.26. The van der Waals surface area contributed by atoms with Gasteiger partial charge in [-0.05, 0) is 0 Å². The summed E-state index contributed by atoms with van der Waals surface area (Å²) in [6.07, 6.45) is 0. The molecule has 2 fully saturated rings. The Kier molecular flexibility index (Phi) is 5.12. The number of nitrogens with zero attached hydrogens (tertiary/aromatic N) is 2. The second kappa shape index (κ2) is 6.83. The van der Waals surface area contributed by atoms with Crippen LogP contribution in [0.2, 0.25) is 0 Å². The number of carbonyl (C=O) groups is 2. The third-order valence-electron chi connectivity index (χ3n) is 3.55. The molecule has 2 aliphatic heterocycles. The van der Waals surface area contributed by atoms with Crippen LogP contribution < -0.4 is 5.32 Å². The number of nitrogens with one attached hydrogen (secondary N) is 1. The number of carboxylic acid groups (broad SMARTS) is 1. The summed E-state index contributed by atoms with van der Waals surface area (Å²) in [5.74, 6) is -1.19. The minimum absolute atomic E-state index is 0.0642. The van der Waals surface area contributed by atoms with E-state index in [0.29, 0.717) is 52.5 Å². The van der Waals surface area contributed by atoms with Gasteiger partial charge in [0.2, 0.25) is 5.91 Å². The zero-order valence-electron chi connectivity index (χ0n) is 11.0. The van der Waals surface area contributed by atoms with Crippen molar-refractivity contribution in [2.24, 2.45) is 5.92 Å². The lowest BCUT2D eigenvalue weighted by Gasteiger charge is -2.29. The van der Waals surface area contributed by atoms with Crippen molar-refractivity contribution in [2.45, 2.75) is 0 Å². The fraction of sp³-hybridized carbons (Fsp3) is 0.833. The molecule has 2 heterocycles. The van der Waals surface area contributed by atoms with E-state index in [1.807, 2.05) is 4.90 Å². The molecule has 2 aliphatic rings. The first-order valence-corrected chi connectivity index (χ1v) is 6.68. The highest BCUT2D eigenvalue weighted by atomic mass is 16.5. The fourth-order valence-corrected chi connectivity index (χ4v) is 2.39. The van der Waals surface area contributed by atoms with Crippen molar-refractivity contribution in [2.75, 3.05) is 59.0 Å². The highest BCUT2D eigenvalue weighted by Crippen LogP contribution is 2.06. The van der Waals surface area contributed by atoms with Crippen LogP contribution in [-0.2, 0) is 14.3 Å². The van der Waals surface area contributed by atoms with Gasteiger partial charge in [-0.15, -0.1) is 0 Å². The molecule has 0 aromatic rings. The minimum atomic E-state index is -0.807. The Labute approximate surface area is 112 Å². The van der Waals surface area contributed by atoms with Gasteiger partial charge in [0.05, 0.1) is 25.7 Å². The first kappa shape index (κ1) is 14.2. The van der Waals surface area contributed by atoms with E-state index in [0.717, 1.165) is 6.54 Å². The van der Waals surface area contributed by atoms with Crippen molar-refractivity contribution in [3.05, 3.63) is 0 Å². The summed E-state index contributed by atoms with van der Waals surface area (Å²) in [5, 5.41) is 12.2. The van der Waals surface area contributed by atoms with Crippen LogP contribution in [0.5, 0.6) is 0 Å². The van der Waals surface area contributed by atoms with E-state index in [-0.39, 0.29) is 5.91 Å². The van der Waals surface area contributed by atoms with E-state index in [1.54, 1.807) is 4.90 Å². The summed E-state index contributed by atoms with van der Waals surface area (Å²) >= 11 is 0. The molecule has 0 bridgehead atoms. The molecule has 2 saturated heterocycles. The van der Waals surface area contributed by atoms with E-state index in [2.05, 4.69) is 5.32 Å². The number of carboxylic acids is 1. The predicted molar refractivity (Wildman–Crippen MR) is 67.8 cm³/mol. The van der Waals surface area contributed by atoms with Crippen LogP contribution in [0.3, 0.4) is 0 Å². The standard InChI is InChI=1S/C12H21N3O4/c16-11(15-3-5-19-6-4-15)9-14-2-1-13-7-10(8-14)12(17)18/h10,13H,1-9H2,(H,17,18)/t10-/m1/s1. The number of carbonyl (C=O) groups excluding carboxylic acids is 1. The molecule has 0 aromatic carbocycles. The molecular weight excluding hydrogens is 250 g/mol. The van der Waals surface area contributed by atoms with Gasteiger partial charge in [0.15, 0.2) is 0 Å². The predicted octanol–water partition coefficient (Wildman–Crippen LogP) is -1.55. The molecule has 2 rings (SSSR count). The van der Waals surface area contributed by atoms with Gasteiger partial charge < -0.3 is 20.1 Å². The summed E-state index contributed by atoms with van der Waals surface area (Å²) in [6, 6.07) is 0. The first-order valence-electron chi connectivity index (χ1n) is 6.68. The fourth-order valence-electron chi connectivity index (χ4n) is 2.39. The minimum Gasteiger partial charge on any atom is -0.481 e. The Hall–Kier alpha value is -1.18. The topological polar surface area (TPSA) is 82.1 Å². The smallest absolute Gasteiger partial charge is 0.309 e. The quantitative estimate of drug-likeness (QED) is 0.647. The molecule has 2 N–H and O–H groups in total. The molecule has 1 atom stereocenters. The summed E-state index contributed by atoms with van der Waals surface area (Å²) < 4.78 is 5.21. The Morgan fingerprint density at radius 3 is 2.68 bits per heavy atom. The zero-order chi connectivity index (χ0) is 13.7. The van der Waals surface area contributed by atoms with Crippen LogP contribution in [0, 0.1) is 5.92 Å². The number of aliphatic carboxylic acids is 1. The highest BCUT2D eigenvalue weighted by molar-refractivity contribution is 5.78. The lowest BCUT2D eigenvalue weighted by molar-refractivity contribution is -0.143. The monoisotopic (exact) mass is 271 g/mol. The molecule has 1 amide bonds. The zero-order valence-corrected chi connectivity index (χ0v) is 11.0. The molecule has 0 spiro atoms. The number of morpholine rings is 1. The summed E-state index contributed by atoms with van der Waals surface area (Å²) in [5.41, 5.74) is 0. The maximum absolute atomic E-state index is 12.1. The molecule has 0 aromatic heterocycles. The van der Waals surface area contributed by atoms with Crippen molar-refractivity contribution in [1.82, 2.24) is 15.1 Å². The average Bonchev–Trinajstić information content (AvgIpc) is 2.65. The lowest BCUT2D eigenvalue weighted by atomic mass is 10.1. The molecule has 108 valence electrons. The Morgan fingerprint density at radius 2 is 2.00 bits per heavy atom. The van der Waals surface area contributed by atoms with Crippen LogP contribution in [0.15, 0.2) is 0 Å². The van der Waals surface area contributed by atoms with Crippen molar-refractivity contribution in [1.29, 1.82) is 0 Å². The van der Waals surface area contributed by atoms with Crippen molar-refractivity contribution >= 4 is 11.9 Å². The van der Waals surface area contributed by atoms with Crippen molar-refractivity contribution < 1.29 is 19.4 Å². The molecule has 0 aliphatic carbocycles. The second-order valence-corrected chi connectivity index (χ2v) is 4.97. The average molecular weight is 271 g/mol. The van der Waals surface area contributed by atoms with Crippen LogP contribution >= 0.6 is 0 Å². The van der Waals surface area contributed by atoms with Crippen molar-refractivity contribution in [3.8, 4) is 0 Å². The summed E-state index contributed by atoms with van der Waals surface area (Å²) in [6.45, 7) is 5.07. The van der Waals surface area contributed by atoms with Gasteiger partial charge in [0, 0.05) is 39.3 Å². The van der Waals surface area contributed by atoms with E-state index < -0.39 is 11.9 Å². The van der Waals surface area contributed by atoms with Crippen molar-refractivity contribution in [3.63, 3.8) is 0 Å². The molecule has 7 heteroatoms. The van der Waals surface area contributed by atoms with E-state index >= 15 is 0 Å². The number of ether oxygens (including phenoxy) is 1. The lowest BCUT2D eigenvalue weighted by Crippen LogP contribution is -2.47. The number of hydrogen-bond donors (Lipinski definition) is 2. The molecular formula is C12H21N3O4. The van der Waals surface area contributed by atoms with E-state index in [1.165, 1.54) is 0 Å².